The molecule has 2 saturated carbocycles. The summed E-state index contributed by atoms with van der Waals surface area (Å²) >= 11 is 5.91. The average molecular weight is 434 g/mol. The molecular formula is C25H21ClFN3O. The average Bonchev–Trinajstić information content (AvgIpc) is 3.48. The monoisotopic (exact) mass is 433 g/mol. The third kappa shape index (κ3) is 3.66. The summed E-state index contributed by atoms with van der Waals surface area (Å²) in [6.07, 6.45) is 6.56. The van der Waals surface area contributed by atoms with E-state index in [1.807, 2.05) is 24.3 Å². The highest BCUT2D eigenvalue weighted by atomic mass is 35.5. The fourth-order valence-corrected chi connectivity index (χ4v) is 5.29. The molecule has 1 N–H and O–H groups in total. The molecule has 156 valence electrons. The molecule has 3 aromatic rings. The number of amides is 1. The second kappa shape index (κ2) is 7.62. The zero-order valence-corrected chi connectivity index (χ0v) is 17.6. The van der Waals surface area contributed by atoms with E-state index in [0.29, 0.717) is 16.5 Å². The van der Waals surface area contributed by atoms with Crippen LogP contribution < -0.4 is 5.32 Å². The van der Waals surface area contributed by atoms with Gasteiger partial charge in [0, 0.05) is 28.2 Å². The largest absolute Gasteiger partial charge is 0.326 e. The Labute approximate surface area is 185 Å². The lowest BCUT2D eigenvalue weighted by atomic mass is 9.75. The Hall–Kier alpha value is -2.97. The summed E-state index contributed by atoms with van der Waals surface area (Å²) in [7, 11) is 0. The van der Waals surface area contributed by atoms with Crippen molar-refractivity contribution >= 4 is 34.1 Å². The maximum Gasteiger partial charge on any atom is 0.228 e. The van der Waals surface area contributed by atoms with Crippen molar-refractivity contribution in [3.8, 4) is 6.07 Å². The van der Waals surface area contributed by atoms with Gasteiger partial charge in [0.05, 0.1) is 11.1 Å². The van der Waals surface area contributed by atoms with Crippen molar-refractivity contribution in [2.24, 2.45) is 11.3 Å². The second-order valence-corrected chi connectivity index (χ2v) is 9.19. The number of nitriles is 1. The highest BCUT2D eigenvalue weighted by Crippen LogP contribution is 2.63. The molecule has 2 fully saturated rings. The summed E-state index contributed by atoms with van der Waals surface area (Å²) < 4.78 is 14.2. The van der Waals surface area contributed by atoms with Crippen LogP contribution in [-0.2, 0) is 4.79 Å². The van der Waals surface area contributed by atoms with Gasteiger partial charge in [0.1, 0.15) is 11.9 Å². The van der Waals surface area contributed by atoms with Crippen molar-refractivity contribution in [3.05, 3.63) is 70.6 Å². The van der Waals surface area contributed by atoms with Gasteiger partial charge in [0.25, 0.3) is 0 Å². The van der Waals surface area contributed by atoms with Gasteiger partial charge in [0.15, 0.2) is 0 Å². The zero-order chi connectivity index (χ0) is 21.6. The zero-order valence-electron chi connectivity index (χ0n) is 16.9. The number of carbonyl (C=O) groups excluding carboxylic acids is 1. The quantitative estimate of drug-likeness (QED) is 0.534. The van der Waals surface area contributed by atoms with Gasteiger partial charge in [-0.25, -0.2) is 4.39 Å². The molecule has 1 unspecified atom stereocenters. The molecule has 2 aromatic carbocycles. The minimum absolute atomic E-state index is 0.0206. The van der Waals surface area contributed by atoms with Crippen LogP contribution in [0.4, 0.5) is 10.1 Å². The molecule has 2 aliphatic carbocycles. The van der Waals surface area contributed by atoms with Crippen LogP contribution in [0.25, 0.3) is 10.9 Å². The molecule has 1 heterocycles. The van der Waals surface area contributed by atoms with Crippen LogP contribution in [0.15, 0.2) is 48.7 Å². The molecule has 0 saturated heterocycles. The normalized spacial score (nSPS) is 24.7. The van der Waals surface area contributed by atoms with E-state index in [9.17, 15) is 9.18 Å². The highest BCUT2D eigenvalue weighted by molar-refractivity contribution is 6.30. The van der Waals surface area contributed by atoms with Crippen molar-refractivity contribution in [2.45, 2.75) is 38.0 Å². The molecule has 1 atom stereocenters. The van der Waals surface area contributed by atoms with E-state index in [4.69, 9.17) is 16.9 Å². The smallest absolute Gasteiger partial charge is 0.228 e. The number of anilines is 1. The molecule has 4 nitrogen and oxygen atoms in total. The topological polar surface area (TPSA) is 65.8 Å². The molecule has 2 aliphatic rings. The molecule has 1 spiro atoms. The first kappa shape index (κ1) is 20.0. The maximum atomic E-state index is 14.2. The van der Waals surface area contributed by atoms with Gasteiger partial charge >= 0.3 is 0 Å². The first-order chi connectivity index (χ1) is 15.0. The lowest BCUT2D eigenvalue weighted by Gasteiger charge is -2.30. The summed E-state index contributed by atoms with van der Waals surface area (Å²) in [6, 6.07) is 14.0. The van der Waals surface area contributed by atoms with Gasteiger partial charge in [-0.1, -0.05) is 11.6 Å². The number of carbonyl (C=O) groups is 1. The molecular weight excluding hydrogens is 413 g/mol. The number of hydrogen-bond donors (Lipinski definition) is 1. The Kier molecular flexibility index (Phi) is 4.91. The van der Waals surface area contributed by atoms with Crippen LogP contribution in [-0.4, -0.2) is 10.9 Å². The van der Waals surface area contributed by atoms with E-state index in [0.717, 1.165) is 48.7 Å². The van der Waals surface area contributed by atoms with Crippen molar-refractivity contribution in [1.29, 1.82) is 5.26 Å². The summed E-state index contributed by atoms with van der Waals surface area (Å²) in [5.74, 6) is -0.0584. The number of fused-ring (bicyclic) bond motifs is 1. The molecule has 5 rings (SSSR count). The van der Waals surface area contributed by atoms with Crippen LogP contribution in [0, 0.1) is 28.5 Å². The minimum Gasteiger partial charge on any atom is -0.326 e. The van der Waals surface area contributed by atoms with E-state index < -0.39 is 5.82 Å². The van der Waals surface area contributed by atoms with Crippen molar-refractivity contribution in [3.63, 3.8) is 0 Å². The molecule has 1 amide bonds. The number of halogens is 2. The second-order valence-electron chi connectivity index (χ2n) is 8.75. The van der Waals surface area contributed by atoms with Crippen LogP contribution in [0.2, 0.25) is 5.02 Å². The molecule has 1 aromatic heterocycles. The third-order valence-electron chi connectivity index (χ3n) is 7.02. The van der Waals surface area contributed by atoms with Crippen LogP contribution in [0.5, 0.6) is 0 Å². The van der Waals surface area contributed by atoms with Crippen molar-refractivity contribution in [1.82, 2.24) is 4.98 Å². The SMILES string of the molecule is N#Cc1cc2nccc(C3CCC4(CC3)CC4C(=O)Nc3ccc(Cl)cc3)c2cc1F. The van der Waals surface area contributed by atoms with Crippen molar-refractivity contribution in [2.75, 3.05) is 5.32 Å². The Morgan fingerprint density at radius 3 is 2.65 bits per heavy atom. The Bertz CT molecular complexity index is 1210. The third-order valence-corrected chi connectivity index (χ3v) is 7.28. The fourth-order valence-electron chi connectivity index (χ4n) is 5.17. The Morgan fingerprint density at radius 1 is 1.19 bits per heavy atom. The molecule has 0 aliphatic heterocycles. The number of hydrogen-bond acceptors (Lipinski definition) is 3. The summed E-state index contributed by atoms with van der Waals surface area (Å²) in [4.78, 5) is 17.1. The van der Waals surface area contributed by atoms with E-state index in [-0.39, 0.29) is 22.8 Å². The van der Waals surface area contributed by atoms with Gasteiger partial charge in [0.2, 0.25) is 5.91 Å². The number of nitrogens with zero attached hydrogens (tertiary/aromatic N) is 2. The number of rotatable bonds is 3. The molecule has 0 bridgehead atoms. The lowest BCUT2D eigenvalue weighted by Crippen LogP contribution is -2.22. The van der Waals surface area contributed by atoms with Crippen LogP contribution in [0.1, 0.15) is 49.1 Å². The minimum atomic E-state index is -0.502. The van der Waals surface area contributed by atoms with Crippen molar-refractivity contribution < 1.29 is 9.18 Å². The predicted molar refractivity (Wildman–Crippen MR) is 118 cm³/mol. The molecule has 6 heteroatoms. The fraction of sp³-hybridized carbons (Fsp3) is 0.320. The number of aromatic nitrogens is 1. The van der Waals surface area contributed by atoms with E-state index in [1.165, 1.54) is 12.1 Å². The van der Waals surface area contributed by atoms with Gasteiger partial charge in [-0.15, -0.1) is 0 Å². The lowest BCUT2D eigenvalue weighted by molar-refractivity contribution is -0.118. The molecule has 31 heavy (non-hydrogen) atoms. The summed E-state index contributed by atoms with van der Waals surface area (Å²) in [5.41, 5.74) is 2.63. The highest BCUT2D eigenvalue weighted by Gasteiger charge is 2.58. The van der Waals surface area contributed by atoms with Gasteiger partial charge in [-0.05, 0) is 91.5 Å². The summed E-state index contributed by atoms with van der Waals surface area (Å²) in [6.45, 7) is 0. The van der Waals surface area contributed by atoms with Gasteiger partial charge in [-0.3, -0.25) is 9.78 Å². The van der Waals surface area contributed by atoms with E-state index in [2.05, 4.69) is 10.3 Å². The van der Waals surface area contributed by atoms with Crippen LogP contribution in [0.3, 0.4) is 0 Å². The Balaban J connectivity index is 1.28. The summed E-state index contributed by atoms with van der Waals surface area (Å²) in [5, 5.41) is 13.5. The number of nitrogens with one attached hydrogen (secondary N) is 1. The first-order valence-corrected chi connectivity index (χ1v) is 10.9. The van der Waals surface area contributed by atoms with E-state index in [1.54, 1.807) is 18.3 Å². The maximum absolute atomic E-state index is 14.2. The Morgan fingerprint density at radius 2 is 1.94 bits per heavy atom. The van der Waals surface area contributed by atoms with E-state index >= 15 is 0 Å². The van der Waals surface area contributed by atoms with Crippen LogP contribution >= 0.6 is 11.6 Å². The van der Waals surface area contributed by atoms with Gasteiger partial charge in [-0.2, -0.15) is 5.26 Å². The predicted octanol–water partition coefficient (Wildman–Crippen LogP) is 6.20. The molecule has 0 radical (unpaired) electrons. The van der Waals surface area contributed by atoms with Gasteiger partial charge < -0.3 is 5.32 Å². The first-order valence-electron chi connectivity index (χ1n) is 10.5. The number of benzene rings is 2. The number of pyridine rings is 1. The standard InChI is InChI=1S/C25H21ClFN3O/c26-17-1-3-18(4-2-17)30-24(31)21-13-25(21)8-5-15(6-9-25)19-7-10-29-23-11-16(14-28)22(27)12-20(19)23/h1-4,7,10-12,15,21H,5-6,8-9,13H2,(H,30,31).